The molecule has 3 aromatic rings. The molecule has 0 bridgehead atoms. The van der Waals surface area contributed by atoms with Crippen molar-refractivity contribution < 1.29 is 13.1 Å². The molecule has 0 saturated carbocycles. The van der Waals surface area contributed by atoms with Gasteiger partial charge < -0.3 is 5.21 Å². The Hall–Kier alpha value is -1.86. The zero-order chi connectivity index (χ0) is 14.3. The Labute approximate surface area is 123 Å². The first kappa shape index (κ1) is 13.1. The van der Waals surface area contributed by atoms with Crippen LogP contribution >= 0.6 is 15.9 Å². The lowest BCUT2D eigenvalue weighted by atomic mass is 10.4. The number of fused-ring (bicyclic) bond motifs is 1. The molecule has 0 saturated heterocycles. The third-order valence-electron chi connectivity index (χ3n) is 2.92. The van der Waals surface area contributed by atoms with Crippen molar-refractivity contribution in [3.8, 4) is 0 Å². The molecule has 3 rings (SSSR count). The van der Waals surface area contributed by atoms with Gasteiger partial charge in [-0.1, -0.05) is 18.2 Å². The summed E-state index contributed by atoms with van der Waals surface area (Å²) >= 11 is 3.20. The van der Waals surface area contributed by atoms with Crippen molar-refractivity contribution in [3.63, 3.8) is 0 Å². The highest BCUT2D eigenvalue weighted by atomic mass is 79.9. The van der Waals surface area contributed by atoms with Gasteiger partial charge in [0.2, 0.25) is 5.52 Å². The predicted octanol–water partition coefficient (Wildman–Crippen LogP) is 2.27. The molecule has 0 radical (unpaired) electrons. The average Bonchev–Trinajstić information content (AvgIpc) is 2.84. The molecule has 0 unspecified atom stereocenters. The largest absolute Gasteiger partial charge is 0.618 e. The Balaban J connectivity index is 2.31. The molecule has 2 aromatic heterocycles. The topological polar surface area (TPSA) is 66.0 Å². The highest BCUT2D eigenvalue weighted by Crippen LogP contribution is 2.22. The van der Waals surface area contributed by atoms with E-state index in [1.165, 1.54) is 30.6 Å². The summed E-state index contributed by atoms with van der Waals surface area (Å²) in [7, 11) is -3.71. The van der Waals surface area contributed by atoms with Gasteiger partial charge in [0.15, 0.2) is 6.20 Å². The van der Waals surface area contributed by atoms with Crippen molar-refractivity contribution in [3.05, 3.63) is 64.5 Å². The van der Waals surface area contributed by atoms with Crippen LogP contribution in [-0.4, -0.2) is 12.4 Å². The number of hydrogen-bond acceptors (Lipinski definition) is 3. The molecule has 0 spiro atoms. The van der Waals surface area contributed by atoms with E-state index in [9.17, 15) is 13.6 Å². The first-order valence-corrected chi connectivity index (χ1v) is 7.94. The average molecular weight is 353 g/mol. The number of rotatable bonds is 2. The summed E-state index contributed by atoms with van der Waals surface area (Å²) < 4.78 is 27.4. The lowest BCUT2D eigenvalue weighted by molar-refractivity contribution is -0.577. The Morgan fingerprint density at radius 3 is 2.55 bits per heavy atom. The Kier molecular flexibility index (Phi) is 3.02. The van der Waals surface area contributed by atoms with Crippen molar-refractivity contribution in [1.29, 1.82) is 0 Å². The number of halogens is 1. The van der Waals surface area contributed by atoms with E-state index in [0.29, 0.717) is 20.2 Å². The fourth-order valence-corrected chi connectivity index (χ4v) is 3.76. The second-order valence-electron chi connectivity index (χ2n) is 4.18. The summed E-state index contributed by atoms with van der Waals surface area (Å²) in [5, 5.41) is 11.8. The minimum atomic E-state index is -3.71. The number of benzene rings is 1. The molecule has 102 valence electrons. The zero-order valence-corrected chi connectivity index (χ0v) is 12.5. The van der Waals surface area contributed by atoms with Crippen LogP contribution in [0.4, 0.5) is 0 Å². The minimum Gasteiger partial charge on any atom is -0.618 e. The summed E-state index contributed by atoms with van der Waals surface area (Å²) in [5.41, 5.74) is 0.630. The first-order chi connectivity index (χ1) is 9.50. The van der Waals surface area contributed by atoms with E-state index >= 15 is 0 Å². The molecule has 0 aliphatic carbocycles. The van der Waals surface area contributed by atoms with Gasteiger partial charge >= 0.3 is 0 Å². The van der Waals surface area contributed by atoms with Crippen LogP contribution in [0.2, 0.25) is 0 Å². The fraction of sp³-hybridized carbons (Fsp3) is 0. The summed E-state index contributed by atoms with van der Waals surface area (Å²) in [5.74, 6) is 0. The van der Waals surface area contributed by atoms with Gasteiger partial charge in [-0.15, -0.1) is 0 Å². The molecule has 0 amide bonds. The van der Waals surface area contributed by atoms with Gasteiger partial charge in [0.05, 0.1) is 9.37 Å². The van der Waals surface area contributed by atoms with Gasteiger partial charge in [0, 0.05) is 12.3 Å². The molecular formula is C13H9BrN2O3S. The molecule has 5 nitrogen and oxygen atoms in total. The van der Waals surface area contributed by atoms with Crippen molar-refractivity contribution in [2.75, 3.05) is 0 Å². The highest BCUT2D eigenvalue weighted by molar-refractivity contribution is 9.10. The Morgan fingerprint density at radius 2 is 1.85 bits per heavy atom. The number of nitrogens with zero attached hydrogens (tertiary/aromatic N) is 2. The molecule has 0 aliphatic rings. The van der Waals surface area contributed by atoms with Crippen molar-refractivity contribution in [2.45, 2.75) is 4.90 Å². The number of pyridine rings is 1. The van der Waals surface area contributed by atoms with E-state index in [4.69, 9.17) is 0 Å². The van der Waals surface area contributed by atoms with Gasteiger partial charge in [0.1, 0.15) is 5.52 Å². The van der Waals surface area contributed by atoms with Crippen LogP contribution < -0.4 is 4.73 Å². The Bertz CT molecular complexity index is 889. The van der Waals surface area contributed by atoms with Crippen LogP contribution in [0.15, 0.2) is 64.2 Å². The van der Waals surface area contributed by atoms with Gasteiger partial charge in [-0.05, 0) is 34.1 Å². The van der Waals surface area contributed by atoms with E-state index in [2.05, 4.69) is 15.9 Å². The lowest BCUT2D eigenvalue weighted by Gasteiger charge is -2.07. The SMILES string of the molecule is O=S(=O)(c1ccccc1)n1ccc2c1cc(Br)c[n+]2[O-]. The monoisotopic (exact) mass is 352 g/mol. The predicted molar refractivity (Wildman–Crippen MR) is 77.6 cm³/mol. The molecule has 2 heterocycles. The third-order valence-corrected chi connectivity index (χ3v) is 5.06. The van der Waals surface area contributed by atoms with Crippen LogP contribution in [0.25, 0.3) is 11.0 Å². The highest BCUT2D eigenvalue weighted by Gasteiger charge is 2.21. The normalized spacial score (nSPS) is 11.8. The lowest BCUT2D eigenvalue weighted by Crippen LogP contribution is -2.26. The molecule has 1 aromatic carbocycles. The third kappa shape index (κ3) is 1.99. The van der Waals surface area contributed by atoms with Crippen molar-refractivity contribution in [1.82, 2.24) is 3.97 Å². The zero-order valence-electron chi connectivity index (χ0n) is 10.1. The second kappa shape index (κ2) is 4.60. The molecule has 0 aliphatic heterocycles. The molecule has 7 heteroatoms. The van der Waals surface area contributed by atoms with Gasteiger partial charge in [0.25, 0.3) is 10.0 Å². The van der Waals surface area contributed by atoms with Crippen molar-refractivity contribution >= 4 is 37.0 Å². The van der Waals surface area contributed by atoms with E-state index < -0.39 is 10.0 Å². The van der Waals surface area contributed by atoms with Crippen LogP contribution in [-0.2, 0) is 10.0 Å². The van der Waals surface area contributed by atoms with E-state index in [0.717, 1.165) is 3.97 Å². The minimum absolute atomic E-state index is 0.176. The fourth-order valence-electron chi connectivity index (χ4n) is 2.01. The van der Waals surface area contributed by atoms with Crippen LogP contribution in [0.3, 0.4) is 0 Å². The van der Waals surface area contributed by atoms with Gasteiger partial charge in [-0.2, -0.15) is 4.73 Å². The molecule has 20 heavy (non-hydrogen) atoms. The molecule has 0 fully saturated rings. The molecular weight excluding hydrogens is 344 g/mol. The van der Waals surface area contributed by atoms with Gasteiger partial charge in [-0.3, -0.25) is 0 Å². The maximum atomic E-state index is 12.6. The maximum absolute atomic E-state index is 12.6. The smallest absolute Gasteiger partial charge is 0.268 e. The van der Waals surface area contributed by atoms with E-state index in [1.54, 1.807) is 24.3 Å². The van der Waals surface area contributed by atoms with Crippen LogP contribution in [0.1, 0.15) is 0 Å². The maximum Gasteiger partial charge on any atom is 0.268 e. The molecule has 0 atom stereocenters. The summed E-state index contributed by atoms with van der Waals surface area (Å²) in [6, 6.07) is 11.2. The quantitative estimate of drug-likeness (QED) is 0.524. The summed E-state index contributed by atoms with van der Waals surface area (Å²) in [6.45, 7) is 0. The van der Waals surface area contributed by atoms with Crippen LogP contribution in [0, 0.1) is 5.21 Å². The first-order valence-electron chi connectivity index (χ1n) is 5.70. The number of hydrogen-bond donors (Lipinski definition) is 0. The number of aromatic nitrogens is 2. The van der Waals surface area contributed by atoms with Gasteiger partial charge in [-0.25, -0.2) is 12.4 Å². The van der Waals surface area contributed by atoms with Crippen LogP contribution in [0.5, 0.6) is 0 Å². The van der Waals surface area contributed by atoms with E-state index in [-0.39, 0.29) is 4.90 Å². The van der Waals surface area contributed by atoms with Crippen molar-refractivity contribution in [2.24, 2.45) is 0 Å². The summed E-state index contributed by atoms with van der Waals surface area (Å²) in [4.78, 5) is 0.176. The molecule has 0 N–H and O–H groups in total. The Morgan fingerprint density at radius 1 is 1.15 bits per heavy atom. The van der Waals surface area contributed by atoms with E-state index in [1.807, 2.05) is 0 Å². The second-order valence-corrected chi connectivity index (χ2v) is 6.91. The standard InChI is InChI=1S/C13H9BrN2O3S/c14-10-8-13-12(15(17)9-10)6-7-16(13)20(18,19)11-4-2-1-3-5-11/h1-9H. The summed E-state index contributed by atoms with van der Waals surface area (Å²) in [6.07, 6.45) is 2.72.